The summed E-state index contributed by atoms with van der Waals surface area (Å²) < 4.78 is 38.7. The summed E-state index contributed by atoms with van der Waals surface area (Å²) in [7, 11) is 0. The molecule has 0 aliphatic rings. The van der Waals surface area contributed by atoms with Crippen molar-refractivity contribution in [2.24, 2.45) is 0 Å². The predicted molar refractivity (Wildman–Crippen MR) is 46.1 cm³/mol. The second-order valence-electron chi connectivity index (χ2n) is 3.08. The van der Waals surface area contributed by atoms with E-state index in [1.54, 1.807) is 0 Å². The normalized spacial score (nSPS) is 12.3. The molecule has 0 atom stereocenters. The Morgan fingerprint density at radius 2 is 2.07 bits per heavy atom. The van der Waals surface area contributed by atoms with Crippen molar-refractivity contribution in [3.8, 4) is 0 Å². The number of hydrogen-bond acceptors (Lipinski definition) is 2. The highest BCUT2D eigenvalue weighted by atomic mass is 19.4. The summed E-state index contributed by atoms with van der Waals surface area (Å²) in [6.07, 6.45) is -1.73. The fourth-order valence-corrected chi connectivity index (χ4v) is 1.39. The van der Waals surface area contributed by atoms with Gasteiger partial charge in [-0.2, -0.15) is 13.2 Å². The third kappa shape index (κ3) is 1.68. The molecule has 6 heteroatoms. The molecule has 15 heavy (non-hydrogen) atoms. The smallest absolute Gasteiger partial charge is 0.390 e. The van der Waals surface area contributed by atoms with E-state index >= 15 is 0 Å². The van der Waals surface area contributed by atoms with Crippen LogP contribution in [-0.2, 0) is 12.8 Å². The first-order chi connectivity index (χ1) is 7.02. The second-order valence-corrected chi connectivity index (χ2v) is 3.08. The zero-order valence-corrected chi connectivity index (χ0v) is 7.49. The lowest BCUT2D eigenvalue weighted by molar-refractivity contribution is -0.137. The van der Waals surface area contributed by atoms with Gasteiger partial charge in [-0.05, 0) is 12.1 Å². The Morgan fingerprint density at radius 1 is 1.33 bits per heavy atom. The molecule has 0 aromatic carbocycles. The van der Waals surface area contributed by atoms with Crippen LogP contribution in [0.4, 0.5) is 13.2 Å². The first kappa shape index (κ1) is 9.97. The maximum atomic E-state index is 12.4. The van der Waals surface area contributed by atoms with Gasteiger partial charge in [0.15, 0.2) is 0 Å². The molecule has 2 rings (SSSR count). The van der Waals surface area contributed by atoms with Crippen LogP contribution < -0.4 is 0 Å². The van der Waals surface area contributed by atoms with Crippen LogP contribution in [0.2, 0.25) is 0 Å². The Bertz CT molecular complexity index is 490. The van der Waals surface area contributed by atoms with Crippen LogP contribution in [-0.4, -0.2) is 14.5 Å². The minimum atomic E-state index is -4.41. The fourth-order valence-electron chi connectivity index (χ4n) is 1.39. The van der Waals surface area contributed by atoms with Gasteiger partial charge in [0, 0.05) is 0 Å². The summed E-state index contributed by atoms with van der Waals surface area (Å²) >= 11 is 0. The molecule has 2 aromatic heterocycles. The Labute approximate surface area is 82.8 Å². The minimum absolute atomic E-state index is 0.164. The monoisotopic (exact) mass is 216 g/mol. The van der Waals surface area contributed by atoms with Gasteiger partial charge in [0.1, 0.15) is 0 Å². The van der Waals surface area contributed by atoms with E-state index in [0.717, 1.165) is 12.1 Å². The molecule has 2 heterocycles. The van der Waals surface area contributed by atoms with Gasteiger partial charge in [-0.25, -0.2) is 4.98 Å². The minimum Gasteiger partial charge on any atom is -0.390 e. The molecule has 0 aliphatic carbocycles. The quantitative estimate of drug-likeness (QED) is 0.789. The Balaban J connectivity index is 2.69. The molecule has 0 bridgehead atoms. The molecule has 0 spiro atoms. The van der Waals surface area contributed by atoms with Gasteiger partial charge >= 0.3 is 6.18 Å². The summed E-state index contributed by atoms with van der Waals surface area (Å²) in [6.45, 7) is -0.462. The Morgan fingerprint density at radius 3 is 2.67 bits per heavy atom. The van der Waals surface area contributed by atoms with Crippen LogP contribution in [0.15, 0.2) is 24.7 Å². The van der Waals surface area contributed by atoms with Crippen LogP contribution in [0.1, 0.15) is 11.3 Å². The van der Waals surface area contributed by atoms with Gasteiger partial charge in [0.05, 0.1) is 35.9 Å². The Hall–Kier alpha value is -1.56. The zero-order valence-electron chi connectivity index (χ0n) is 7.49. The van der Waals surface area contributed by atoms with Crippen molar-refractivity contribution in [1.29, 1.82) is 0 Å². The van der Waals surface area contributed by atoms with E-state index < -0.39 is 18.3 Å². The highest BCUT2D eigenvalue weighted by Crippen LogP contribution is 2.30. The molecular formula is C9H7F3N2O. The number of imidazole rings is 1. The lowest BCUT2D eigenvalue weighted by Gasteiger charge is -2.09. The predicted octanol–water partition coefficient (Wildman–Crippen LogP) is 1.85. The van der Waals surface area contributed by atoms with E-state index in [0.29, 0.717) is 5.52 Å². The number of fused-ring (bicyclic) bond motifs is 1. The van der Waals surface area contributed by atoms with Gasteiger partial charge in [-0.3, -0.25) is 0 Å². The van der Waals surface area contributed by atoms with Gasteiger partial charge in [-0.1, -0.05) is 0 Å². The SMILES string of the molecule is OCc1cc(C(F)(F)F)cc2cncn12. The van der Waals surface area contributed by atoms with Gasteiger partial charge in [-0.15, -0.1) is 0 Å². The molecule has 0 aliphatic heterocycles. The number of pyridine rings is 1. The summed E-state index contributed by atoms with van der Waals surface area (Å²) in [4.78, 5) is 3.72. The summed E-state index contributed by atoms with van der Waals surface area (Å²) in [5.74, 6) is 0. The van der Waals surface area contributed by atoms with E-state index in [2.05, 4.69) is 4.98 Å². The highest BCUT2D eigenvalue weighted by Gasteiger charge is 2.31. The third-order valence-electron chi connectivity index (χ3n) is 2.09. The topological polar surface area (TPSA) is 37.5 Å². The molecule has 1 N–H and O–H groups in total. The van der Waals surface area contributed by atoms with Crippen molar-refractivity contribution >= 4 is 5.52 Å². The number of aliphatic hydroxyl groups excluding tert-OH is 1. The average molecular weight is 216 g/mol. The molecule has 80 valence electrons. The number of halogens is 3. The fraction of sp³-hybridized carbons (Fsp3) is 0.222. The van der Waals surface area contributed by atoms with Crippen LogP contribution in [0.3, 0.4) is 0 Å². The van der Waals surface area contributed by atoms with Crippen molar-refractivity contribution in [2.75, 3.05) is 0 Å². The maximum Gasteiger partial charge on any atom is 0.416 e. The number of hydrogen-bond donors (Lipinski definition) is 1. The standard InChI is InChI=1S/C9H7F3N2O/c10-9(11,12)6-1-7-3-13-5-14(7)8(2-6)4-15/h1-3,5,15H,4H2. The van der Waals surface area contributed by atoms with Gasteiger partial charge in [0.25, 0.3) is 0 Å². The van der Waals surface area contributed by atoms with Crippen LogP contribution >= 0.6 is 0 Å². The Kier molecular flexibility index (Phi) is 2.15. The number of rotatable bonds is 1. The van der Waals surface area contributed by atoms with Gasteiger partial charge in [0.2, 0.25) is 0 Å². The molecule has 0 saturated heterocycles. The molecule has 0 saturated carbocycles. The van der Waals surface area contributed by atoms with Crippen LogP contribution in [0, 0.1) is 0 Å². The molecule has 3 nitrogen and oxygen atoms in total. The van der Waals surface area contributed by atoms with E-state index in [-0.39, 0.29) is 5.69 Å². The molecule has 0 amide bonds. The molecular weight excluding hydrogens is 209 g/mol. The lowest BCUT2D eigenvalue weighted by atomic mass is 10.2. The van der Waals surface area contributed by atoms with Gasteiger partial charge < -0.3 is 9.51 Å². The summed E-state index contributed by atoms with van der Waals surface area (Å²) in [5.41, 5.74) is -0.300. The zero-order chi connectivity index (χ0) is 11.1. The van der Waals surface area contributed by atoms with Crippen LogP contribution in [0.25, 0.3) is 5.52 Å². The maximum absolute atomic E-state index is 12.4. The van der Waals surface area contributed by atoms with E-state index in [1.165, 1.54) is 16.9 Å². The molecule has 0 unspecified atom stereocenters. The highest BCUT2D eigenvalue weighted by molar-refractivity contribution is 5.49. The molecule has 2 aromatic rings. The second kappa shape index (κ2) is 3.23. The lowest BCUT2D eigenvalue weighted by Crippen LogP contribution is -2.08. The van der Waals surface area contributed by atoms with E-state index in [9.17, 15) is 13.2 Å². The molecule has 0 radical (unpaired) electrons. The summed E-state index contributed by atoms with van der Waals surface area (Å²) in [5, 5.41) is 8.93. The van der Waals surface area contributed by atoms with Crippen molar-refractivity contribution in [2.45, 2.75) is 12.8 Å². The first-order valence-corrected chi connectivity index (χ1v) is 4.15. The average Bonchev–Trinajstić information content (AvgIpc) is 2.62. The number of nitrogens with zero attached hydrogens (tertiary/aromatic N) is 2. The first-order valence-electron chi connectivity index (χ1n) is 4.15. The molecule has 0 fully saturated rings. The number of alkyl halides is 3. The van der Waals surface area contributed by atoms with E-state index in [1.807, 2.05) is 0 Å². The van der Waals surface area contributed by atoms with Crippen LogP contribution in [0.5, 0.6) is 0 Å². The van der Waals surface area contributed by atoms with Crippen molar-refractivity contribution in [1.82, 2.24) is 9.38 Å². The number of aliphatic hydroxyl groups is 1. The van der Waals surface area contributed by atoms with E-state index in [4.69, 9.17) is 5.11 Å². The third-order valence-corrected chi connectivity index (χ3v) is 2.09. The largest absolute Gasteiger partial charge is 0.416 e. The van der Waals surface area contributed by atoms with Crippen molar-refractivity contribution in [3.05, 3.63) is 35.9 Å². The van der Waals surface area contributed by atoms with Crippen molar-refractivity contribution < 1.29 is 18.3 Å². The number of aromatic nitrogens is 2. The summed E-state index contributed by atoms with van der Waals surface area (Å²) in [6, 6.07) is 1.90. The van der Waals surface area contributed by atoms with Crippen molar-refractivity contribution in [3.63, 3.8) is 0 Å².